The Hall–Kier alpha value is -2.85. The van der Waals surface area contributed by atoms with Crippen LogP contribution in [-0.2, 0) is 9.53 Å². The summed E-state index contributed by atoms with van der Waals surface area (Å²) in [6.45, 7) is 7.00. The maximum absolute atomic E-state index is 14.4. The van der Waals surface area contributed by atoms with Gasteiger partial charge in [0.05, 0.1) is 30.4 Å². The molecule has 46 heavy (non-hydrogen) atoms. The molecule has 4 rings (SSSR count). The number of anilines is 1. The molecule has 0 aromatic heterocycles. The topological polar surface area (TPSA) is 120 Å². The van der Waals surface area contributed by atoms with Crippen molar-refractivity contribution in [3.05, 3.63) is 23.8 Å². The first-order valence-electron chi connectivity index (χ1n) is 17.8. The lowest BCUT2D eigenvalue weighted by Crippen LogP contribution is -2.48. The summed E-state index contributed by atoms with van der Waals surface area (Å²) in [6.07, 6.45) is 12.8. The zero-order valence-electron chi connectivity index (χ0n) is 28.6. The standard InChI is InChI=1S/C36H58N4O6/c1-25-22-40(26(2)24-41)35(43)31-21-30(38-36(44)37-29-16-9-6-10-17-29)18-19-32(31)46-27(3)13-11-12-20-45-33(25)23-39(4)34(42)28-14-7-5-8-15-28/h18-19,21,25-29,33,41H,5-17,20,22-24H2,1-4H3,(H2,37,38,44)/t25-,26-,27+,33-/m1/s1. The van der Waals surface area contributed by atoms with Gasteiger partial charge in [-0.15, -0.1) is 0 Å². The van der Waals surface area contributed by atoms with Gasteiger partial charge >= 0.3 is 6.03 Å². The van der Waals surface area contributed by atoms with E-state index in [4.69, 9.17) is 9.47 Å². The molecular formula is C36H58N4O6. The van der Waals surface area contributed by atoms with Gasteiger partial charge in [-0.05, 0) is 77.0 Å². The van der Waals surface area contributed by atoms with Crippen molar-refractivity contribution in [3.8, 4) is 5.75 Å². The number of nitrogens with one attached hydrogen (secondary N) is 2. The van der Waals surface area contributed by atoms with Gasteiger partial charge in [-0.3, -0.25) is 9.59 Å². The van der Waals surface area contributed by atoms with E-state index in [1.807, 2.05) is 32.7 Å². The molecule has 258 valence electrons. The number of carbonyl (C=O) groups excluding carboxylic acids is 3. The zero-order chi connectivity index (χ0) is 33.1. The second-order valence-corrected chi connectivity index (χ2v) is 14.0. The summed E-state index contributed by atoms with van der Waals surface area (Å²) in [5, 5.41) is 16.2. The van der Waals surface area contributed by atoms with Crippen LogP contribution >= 0.6 is 0 Å². The Morgan fingerprint density at radius 3 is 2.37 bits per heavy atom. The van der Waals surface area contributed by atoms with E-state index in [0.29, 0.717) is 36.7 Å². The van der Waals surface area contributed by atoms with E-state index in [1.165, 1.54) is 12.8 Å². The van der Waals surface area contributed by atoms with Crippen LogP contribution < -0.4 is 15.4 Å². The van der Waals surface area contributed by atoms with Gasteiger partial charge in [-0.25, -0.2) is 4.79 Å². The number of aliphatic hydroxyl groups excluding tert-OH is 1. The number of nitrogens with zero attached hydrogens (tertiary/aromatic N) is 2. The third kappa shape index (κ3) is 10.3. The molecule has 2 fully saturated rings. The van der Waals surface area contributed by atoms with Crippen LogP contribution in [0.1, 0.15) is 115 Å². The number of urea groups is 1. The third-order valence-electron chi connectivity index (χ3n) is 10.0. The highest BCUT2D eigenvalue weighted by Crippen LogP contribution is 2.29. The first-order chi connectivity index (χ1) is 22.2. The first kappa shape index (κ1) is 36.0. The zero-order valence-corrected chi connectivity index (χ0v) is 28.6. The Balaban J connectivity index is 1.56. The number of likely N-dealkylation sites (N-methyl/N-ethyl adjacent to an activating group) is 1. The summed E-state index contributed by atoms with van der Waals surface area (Å²) in [4.78, 5) is 44.1. The van der Waals surface area contributed by atoms with Crippen molar-refractivity contribution in [1.82, 2.24) is 15.1 Å². The molecule has 10 heteroatoms. The van der Waals surface area contributed by atoms with Gasteiger partial charge in [-0.1, -0.05) is 45.4 Å². The third-order valence-corrected chi connectivity index (χ3v) is 10.0. The van der Waals surface area contributed by atoms with E-state index in [2.05, 4.69) is 10.6 Å². The van der Waals surface area contributed by atoms with Gasteiger partial charge in [0.2, 0.25) is 5.91 Å². The number of ether oxygens (including phenoxy) is 2. The number of hydrogen-bond donors (Lipinski definition) is 3. The Kier molecular flexibility index (Phi) is 14.0. The van der Waals surface area contributed by atoms with Crippen LogP contribution in [0.2, 0.25) is 0 Å². The van der Waals surface area contributed by atoms with Gasteiger partial charge < -0.3 is 35.0 Å². The number of hydrogen-bond acceptors (Lipinski definition) is 6. The summed E-state index contributed by atoms with van der Waals surface area (Å²) in [5.41, 5.74) is 0.848. The Labute approximate surface area is 275 Å². The summed E-state index contributed by atoms with van der Waals surface area (Å²) in [7, 11) is 1.87. The second kappa shape index (κ2) is 17.9. The van der Waals surface area contributed by atoms with Crippen molar-refractivity contribution < 1.29 is 29.0 Å². The van der Waals surface area contributed by atoms with Gasteiger partial charge in [0.25, 0.3) is 5.91 Å². The molecule has 1 heterocycles. The highest BCUT2D eigenvalue weighted by Gasteiger charge is 2.32. The smallest absolute Gasteiger partial charge is 0.319 e. The highest BCUT2D eigenvalue weighted by atomic mass is 16.5. The Morgan fingerprint density at radius 2 is 1.67 bits per heavy atom. The monoisotopic (exact) mass is 642 g/mol. The average Bonchev–Trinajstić information content (AvgIpc) is 3.06. The van der Waals surface area contributed by atoms with E-state index in [0.717, 1.165) is 70.6 Å². The Bertz CT molecular complexity index is 1140. The van der Waals surface area contributed by atoms with Crippen molar-refractivity contribution in [2.45, 2.75) is 129 Å². The number of fused-ring (bicyclic) bond motifs is 1. The van der Waals surface area contributed by atoms with E-state index >= 15 is 0 Å². The van der Waals surface area contributed by atoms with Crippen molar-refractivity contribution in [2.24, 2.45) is 11.8 Å². The number of rotatable bonds is 7. The molecule has 4 amide bonds. The normalized spacial score (nSPS) is 25.0. The minimum Gasteiger partial charge on any atom is -0.490 e. The first-order valence-corrected chi connectivity index (χ1v) is 17.8. The SMILES string of the molecule is C[C@@H]1CN([C@H](C)CO)C(=O)c2cc(NC(=O)NC3CCCCC3)ccc2O[C@@H](C)CCCCO[C@@H]1CN(C)C(=O)C1CCCCC1. The number of aliphatic hydroxyl groups is 1. The average molecular weight is 643 g/mol. The molecule has 2 aliphatic carbocycles. The van der Waals surface area contributed by atoms with E-state index in [1.54, 1.807) is 23.1 Å². The van der Waals surface area contributed by atoms with Crippen LogP contribution in [0.5, 0.6) is 5.75 Å². The molecular weight excluding hydrogens is 584 g/mol. The minimum absolute atomic E-state index is 0.0746. The van der Waals surface area contributed by atoms with Crippen molar-refractivity contribution in [3.63, 3.8) is 0 Å². The lowest BCUT2D eigenvalue weighted by atomic mass is 9.88. The van der Waals surface area contributed by atoms with Gasteiger partial charge in [-0.2, -0.15) is 0 Å². The summed E-state index contributed by atoms with van der Waals surface area (Å²) in [6, 6.07) is 4.62. The molecule has 0 spiro atoms. The quantitative estimate of drug-likeness (QED) is 0.337. The molecule has 3 aliphatic rings. The molecule has 3 N–H and O–H groups in total. The van der Waals surface area contributed by atoms with E-state index in [-0.39, 0.29) is 54.5 Å². The lowest BCUT2D eigenvalue weighted by Gasteiger charge is -2.36. The largest absolute Gasteiger partial charge is 0.490 e. The predicted molar refractivity (Wildman–Crippen MR) is 180 cm³/mol. The van der Waals surface area contributed by atoms with Gasteiger partial charge in [0.1, 0.15) is 5.75 Å². The molecule has 4 atom stereocenters. The van der Waals surface area contributed by atoms with Crippen LogP contribution in [0.4, 0.5) is 10.5 Å². The van der Waals surface area contributed by atoms with Crippen LogP contribution in [-0.4, -0.2) is 90.4 Å². The predicted octanol–water partition coefficient (Wildman–Crippen LogP) is 5.98. The maximum atomic E-state index is 14.4. The fourth-order valence-electron chi connectivity index (χ4n) is 7.08. The van der Waals surface area contributed by atoms with Crippen LogP contribution in [0.3, 0.4) is 0 Å². The Morgan fingerprint density at radius 1 is 1.00 bits per heavy atom. The summed E-state index contributed by atoms with van der Waals surface area (Å²) >= 11 is 0. The minimum atomic E-state index is -0.471. The number of amides is 4. The molecule has 1 aromatic rings. The van der Waals surface area contributed by atoms with Crippen molar-refractivity contribution >= 4 is 23.5 Å². The summed E-state index contributed by atoms with van der Waals surface area (Å²) in [5.74, 6) is 0.313. The molecule has 1 aliphatic heterocycles. The lowest BCUT2D eigenvalue weighted by molar-refractivity contribution is -0.137. The second-order valence-electron chi connectivity index (χ2n) is 14.0. The molecule has 0 bridgehead atoms. The fraction of sp³-hybridized carbons (Fsp3) is 0.750. The number of benzene rings is 1. The van der Waals surface area contributed by atoms with Crippen LogP contribution in [0.15, 0.2) is 18.2 Å². The van der Waals surface area contributed by atoms with Crippen LogP contribution in [0.25, 0.3) is 0 Å². The van der Waals surface area contributed by atoms with Gasteiger partial charge in [0, 0.05) is 50.3 Å². The van der Waals surface area contributed by atoms with Gasteiger partial charge in [0.15, 0.2) is 0 Å². The molecule has 0 unspecified atom stereocenters. The highest BCUT2D eigenvalue weighted by molar-refractivity contribution is 5.99. The summed E-state index contributed by atoms with van der Waals surface area (Å²) < 4.78 is 12.8. The molecule has 1 aromatic carbocycles. The van der Waals surface area contributed by atoms with E-state index in [9.17, 15) is 19.5 Å². The molecule has 0 radical (unpaired) electrons. The van der Waals surface area contributed by atoms with E-state index < -0.39 is 6.04 Å². The molecule has 10 nitrogen and oxygen atoms in total. The van der Waals surface area contributed by atoms with Crippen molar-refractivity contribution in [2.75, 3.05) is 38.7 Å². The number of carbonyl (C=O) groups is 3. The fourth-order valence-corrected chi connectivity index (χ4v) is 7.08. The molecule has 0 saturated heterocycles. The molecule has 2 saturated carbocycles. The maximum Gasteiger partial charge on any atom is 0.319 e. The van der Waals surface area contributed by atoms with Crippen LogP contribution in [0, 0.1) is 11.8 Å². The van der Waals surface area contributed by atoms with Crippen molar-refractivity contribution in [1.29, 1.82) is 0 Å².